The summed E-state index contributed by atoms with van der Waals surface area (Å²) in [6.45, 7) is 7.09. The summed E-state index contributed by atoms with van der Waals surface area (Å²) in [5.74, 6) is -0.0330. The molecule has 0 rings (SSSR count). The lowest BCUT2D eigenvalue weighted by molar-refractivity contribution is -0.123. The van der Waals surface area contributed by atoms with E-state index in [1.54, 1.807) is 21.0 Å². The molecule has 17 heavy (non-hydrogen) atoms. The van der Waals surface area contributed by atoms with Crippen LogP contribution in [0.4, 0.5) is 0 Å². The molecule has 0 aromatic rings. The van der Waals surface area contributed by atoms with Crippen LogP contribution in [0.25, 0.3) is 0 Å². The summed E-state index contributed by atoms with van der Waals surface area (Å²) in [4.78, 5) is 11.6. The van der Waals surface area contributed by atoms with Gasteiger partial charge in [-0.2, -0.15) is 0 Å². The van der Waals surface area contributed by atoms with Crippen LogP contribution < -0.4 is 10.6 Å². The van der Waals surface area contributed by atoms with Crippen LogP contribution in [0, 0.1) is 0 Å². The topological polar surface area (TPSA) is 70.6 Å². The van der Waals surface area contributed by atoms with Crippen LogP contribution in [0.15, 0.2) is 0 Å². The number of ether oxygens (including phenoxy) is 1. The molecule has 0 radical (unpaired) electrons. The summed E-state index contributed by atoms with van der Waals surface area (Å²) in [6.07, 6.45) is 1.46. The second-order valence-electron chi connectivity index (χ2n) is 4.63. The fourth-order valence-corrected chi connectivity index (χ4v) is 1.28. The van der Waals surface area contributed by atoms with Crippen molar-refractivity contribution in [3.63, 3.8) is 0 Å². The van der Waals surface area contributed by atoms with E-state index in [1.165, 1.54) is 0 Å². The largest absolute Gasteiger partial charge is 0.389 e. The monoisotopic (exact) mass is 246 g/mol. The van der Waals surface area contributed by atoms with Gasteiger partial charge in [-0.3, -0.25) is 4.79 Å². The van der Waals surface area contributed by atoms with Gasteiger partial charge in [0.15, 0.2) is 0 Å². The highest BCUT2D eigenvalue weighted by atomic mass is 16.5. The molecule has 102 valence electrons. The van der Waals surface area contributed by atoms with E-state index in [9.17, 15) is 9.90 Å². The fourth-order valence-electron chi connectivity index (χ4n) is 1.28. The molecule has 0 aliphatic carbocycles. The van der Waals surface area contributed by atoms with Gasteiger partial charge in [0.05, 0.1) is 11.6 Å². The van der Waals surface area contributed by atoms with E-state index in [4.69, 9.17) is 4.74 Å². The van der Waals surface area contributed by atoms with Crippen LogP contribution in [0.2, 0.25) is 0 Å². The third kappa shape index (κ3) is 8.12. The normalized spacial score (nSPS) is 16.3. The van der Waals surface area contributed by atoms with Crippen molar-refractivity contribution in [2.75, 3.05) is 26.8 Å². The predicted molar refractivity (Wildman–Crippen MR) is 67.9 cm³/mol. The van der Waals surface area contributed by atoms with E-state index in [0.29, 0.717) is 26.1 Å². The van der Waals surface area contributed by atoms with E-state index in [0.717, 1.165) is 6.42 Å². The lowest BCUT2D eigenvalue weighted by Gasteiger charge is -2.25. The molecule has 0 aromatic heterocycles. The Balaban J connectivity index is 3.88. The van der Waals surface area contributed by atoms with Gasteiger partial charge >= 0.3 is 0 Å². The van der Waals surface area contributed by atoms with E-state index in [2.05, 4.69) is 10.6 Å². The van der Waals surface area contributed by atoms with Crippen LogP contribution in [0.5, 0.6) is 0 Å². The number of hydrogen-bond donors (Lipinski definition) is 3. The van der Waals surface area contributed by atoms with Crippen molar-refractivity contribution in [3.8, 4) is 0 Å². The Morgan fingerprint density at radius 3 is 2.71 bits per heavy atom. The molecule has 5 nitrogen and oxygen atoms in total. The molecule has 3 N–H and O–H groups in total. The molecule has 0 aromatic carbocycles. The molecule has 0 heterocycles. The molecule has 0 saturated carbocycles. The second-order valence-corrected chi connectivity index (χ2v) is 4.63. The van der Waals surface area contributed by atoms with Crippen molar-refractivity contribution in [3.05, 3.63) is 0 Å². The maximum absolute atomic E-state index is 11.6. The summed E-state index contributed by atoms with van der Waals surface area (Å²) in [7, 11) is 1.60. The van der Waals surface area contributed by atoms with E-state index in [1.807, 2.05) is 6.92 Å². The van der Waals surface area contributed by atoms with Crippen LogP contribution in [0.3, 0.4) is 0 Å². The first-order valence-corrected chi connectivity index (χ1v) is 6.15. The number of nitrogens with one attached hydrogen (secondary N) is 2. The van der Waals surface area contributed by atoms with Gasteiger partial charge in [0, 0.05) is 33.2 Å². The number of rotatable bonds is 9. The Kier molecular flexibility index (Phi) is 8.12. The lowest BCUT2D eigenvalue weighted by atomic mass is 10.0. The quantitative estimate of drug-likeness (QED) is 0.546. The van der Waals surface area contributed by atoms with Gasteiger partial charge in [-0.05, 0) is 20.3 Å². The maximum atomic E-state index is 11.6. The molecule has 0 fully saturated rings. The second kappa shape index (κ2) is 8.44. The van der Waals surface area contributed by atoms with Gasteiger partial charge in [-0.15, -0.1) is 0 Å². The SMILES string of the molecule is CCCNC(=O)C(C)NCC(C)(O)CCOC. The van der Waals surface area contributed by atoms with E-state index in [-0.39, 0.29) is 11.9 Å². The third-order valence-electron chi connectivity index (χ3n) is 2.58. The van der Waals surface area contributed by atoms with Crippen molar-refractivity contribution in [2.24, 2.45) is 0 Å². The lowest BCUT2D eigenvalue weighted by Crippen LogP contribution is -2.48. The molecule has 0 saturated heterocycles. The highest BCUT2D eigenvalue weighted by molar-refractivity contribution is 5.81. The molecule has 2 atom stereocenters. The average molecular weight is 246 g/mol. The number of carbonyl (C=O) groups excluding carboxylic acids is 1. The van der Waals surface area contributed by atoms with Gasteiger partial charge in [-0.1, -0.05) is 6.92 Å². The zero-order chi connectivity index (χ0) is 13.3. The predicted octanol–water partition coefficient (Wildman–Crippen LogP) is 0.278. The summed E-state index contributed by atoms with van der Waals surface area (Å²) in [5, 5.41) is 15.8. The first-order chi connectivity index (χ1) is 7.93. The van der Waals surface area contributed by atoms with E-state index < -0.39 is 5.60 Å². The fraction of sp³-hybridized carbons (Fsp3) is 0.917. The van der Waals surface area contributed by atoms with Gasteiger partial charge in [0.2, 0.25) is 5.91 Å². The highest BCUT2D eigenvalue weighted by Gasteiger charge is 2.22. The van der Waals surface area contributed by atoms with Crippen molar-refractivity contribution in [1.82, 2.24) is 10.6 Å². The van der Waals surface area contributed by atoms with Crippen molar-refractivity contribution in [2.45, 2.75) is 45.3 Å². The number of amides is 1. The Bertz CT molecular complexity index is 220. The zero-order valence-electron chi connectivity index (χ0n) is 11.4. The van der Waals surface area contributed by atoms with Crippen LogP contribution in [-0.2, 0) is 9.53 Å². The molecular formula is C12H26N2O3. The molecule has 1 amide bonds. The van der Waals surface area contributed by atoms with Gasteiger partial charge in [-0.25, -0.2) is 0 Å². The molecule has 0 aliphatic rings. The minimum atomic E-state index is -0.852. The molecule has 0 aliphatic heterocycles. The van der Waals surface area contributed by atoms with Gasteiger partial charge < -0.3 is 20.5 Å². The molecular weight excluding hydrogens is 220 g/mol. The third-order valence-corrected chi connectivity index (χ3v) is 2.58. The average Bonchev–Trinajstić information content (AvgIpc) is 2.30. The number of carbonyl (C=O) groups is 1. The number of methoxy groups -OCH3 is 1. The van der Waals surface area contributed by atoms with E-state index >= 15 is 0 Å². The first-order valence-electron chi connectivity index (χ1n) is 6.15. The van der Waals surface area contributed by atoms with Crippen LogP contribution in [-0.4, -0.2) is 49.5 Å². The highest BCUT2D eigenvalue weighted by Crippen LogP contribution is 2.07. The summed E-state index contributed by atoms with van der Waals surface area (Å²) in [5.41, 5.74) is -0.852. The summed E-state index contributed by atoms with van der Waals surface area (Å²) in [6, 6.07) is -0.296. The minimum absolute atomic E-state index is 0.0330. The Hall–Kier alpha value is -0.650. The van der Waals surface area contributed by atoms with Crippen molar-refractivity contribution in [1.29, 1.82) is 0 Å². The minimum Gasteiger partial charge on any atom is -0.389 e. The van der Waals surface area contributed by atoms with Crippen molar-refractivity contribution >= 4 is 5.91 Å². The first kappa shape index (κ1) is 16.4. The molecule has 0 bridgehead atoms. The molecule has 5 heteroatoms. The Labute approximate surface area is 104 Å². The smallest absolute Gasteiger partial charge is 0.236 e. The van der Waals surface area contributed by atoms with Gasteiger partial charge in [0.1, 0.15) is 0 Å². The van der Waals surface area contributed by atoms with Gasteiger partial charge in [0.25, 0.3) is 0 Å². The van der Waals surface area contributed by atoms with Crippen LogP contribution >= 0.6 is 0 Å². The van der Waals surface area contributed by atoms with Crippen LogP contribution in [0.1, 0.15) is 33.6 Å². The Morgan fingerprint density at radius 1 is 1.53 bits per heavy atom. The summed E-state index contributed by atoms with van der Waals surface area (Å²) >= 11 is 0. The number of aliphatic hydroxyl groups is 1. The zero-order valence-corrected chi connectivity index (χ0v) is 11.4. The maximum Gasteiger partial charge on any atom is 0.236 e. The summed E-state index contributed by atoms with van der Waals surface area (Å²) < 4.78 is 4.92. The molecule has 2 unspecified atom stereocenters. The molecule has 0 spiro atoms. The number of hydrogen-bond acceptors (Lipinski definition) is 4. The standard InChI is InChI=1S/C12H26N2O3/c1-5-7-13-11(15)10(2)14-9-12(3,16)6-8-17-4/h10,14,16H,5-9H2,1-4H3,(H,13,15). The Morgan fingerprint density at radius 2 is 2.18 bits per heavy atom. The van der Waals surface area contributed by atoms with Crippen molar-refractivity contribution < 1.29 is 14.6 Å².